The Bertz CT molecular complexity index is 1710. The summed E-state index contributed by atoms with van der Waals surface area (Å²) in [6.45, 7) is 0. The highest BCUT2D eigenvalue weighted by atomic mass is 16.5. The standard InChI is InChI=1S/C28H19N5O2/c1-34-20-11-8-18(9-12-20)23-22-13-10-17-5-2-3-7-21(17)25(22)35-28-24(23)27-31-26(32-33(27)16-30-28)19-6-4-14-29-15-19/h2-16,23H,1H3/t23-/m1/s1. The molecule has 0 spiro atoms. The van der Waals surface area contributed by atoms with E-state index in [4.69, 9.17) is 14.5 Å². The fraction of sp³-hybridized carbons (Fsp3) is 0.0714. The van der Waals surface area contributed by atoms with E-state index in [1.807, 2.05) is 36.4 Å². The molecule has 6 aromatic rings. The highest BCUT2D eigenvalue weighted by Gasteiger charge is 2.34. The SMILES string of the molecule is COc1ccc([C@@H]2c3ccc4ccccc4c3Oc3ncn4nc(-c5cccnc5)nc4c32)cc1. The maximum atomic E-state index is 6.48. The van der Waals surface area contributed by atoms with Crippen LogP contribution in [0.3, 0.4) is 0 Å². The summed E-state index contributed by atoms with van der Waals surface area (Å²) >= 11 is 0. The van der Waals surface area contributed by atoms with E-state index in [1.54, 1.807) is 30.3 Å². The monoisotopic (exact) mass is 457 g/mol. The third kappa shape index (κ3) is 3.05. The summed E-state index contributed by atoms with van der Waals surface area (Å²) < 4.78 is 13.6. The van der Waals surface area contributed by atoms with Crippen molar-refractivity contribution in [2.45, 2.75) is 5.92 Å². The first kappa shape index (κ1) is 19.7. The molecule has 3 aromatic carbocycles. The molecule has 7 nitrogen and oxygen atoms in total. The summed E-state index contributed by atoms with van der Waals surface area (Å²) in [6, 6.07) is 24.4. The van der Waals surface area contributed by atoms with Crippen molar-refractivity contribution in [2.24, 2.45) is 0 Å². The molecule has 1 atom stereocenters. The number of hydrogen-bond acceptors (Lipinski definition) is 6. The van der Waals surface area contributed by atoms with Gasteiger partial charge in [0.25, 0.3) is 0 Å². The van der Waals surface area contributed by atoms with Crippen molar-refractivity contribution in [2.75, 3.05) is 7.11 Å². The van der Waals surface area contributed by atoms with Gasteiger partial charge in [0.2, 0.25) is 5.88 Å². The summed E-state index contributed by atoms with van der Waals surface area (Å²) in [6.07, 6.45) is 5.15. The van der Waals surface area contributed by atoms with E-state index in [0.717, 1.165) is 44.5 Å². The van der Waals surface area contributed by atoms with Gasteiger partial charge in [-0.25, -0.2) is 14.5 Å². The molecule has 3 aromatic heterocycles. The summed E-state index contributed by atoms with van der Waals surface area (Å²) in [4.78, 5) is 13.8. The lowest BCUT2D eigenvalue weighted by atomic mass is 9.83. The maximum absolute atomic E-state index is 6.48. The van der Waals surface area contributed by atoms with Crippen LogP contribution in [0.2, 0.25) is 0 Å². The molecule has 0 amide bonds. The van der Waals surface area contributed by atoms with Crippen LogP contribution in [0.4, 0.5) is 0 Å². The maximum Gasteiger partial charge on any atom is 0.228 e. The highest BCUT2D eigenvalue weighted by Crippen LogP contribution is 2.50. The number of ether oxygens (including phenoxy) is 2. The molecule has 1 aliphatic rings. The second-order valence-corrected chi connectivity index (χ2v) is 8.42. The van der Waals surface area contributed by atoms with Gasteiger partial charge in [-0.15, -0.1) is 5.10 Å². The number of nitrogens with zero attached hydrogens (tertiary/aromatic N) is 5. The van der Waals surface area contributed by atoms with Crippen LogP contribution in [0.15, 0.2) is 91.5 Å². The minimum Gasteiger partial charge on any atom is -0.497 e. The third-order valence-corrected chi connectivity index (χ3v) is 6.46. The zero-order valence-corrected chi connectivity index (χ0v) is 18.8. The van der Waals surface area contributed by atoms with Gasteiger partial charge in [0.05, 0.1) is 12.7 Å². The summed E-state index contributed by atoms with van der Waals surface area (Å²) in [5, 5.41) is 6.85. The number of aromatic nitrogens is 5. The first-order valence-corrected chi connectivity index (χ1v) is 11.3. The Labute approximate surface area is 200 Å². The number of methoxy groups -OCH3 is 1. The molecule has 35 heavy (non-hydrogen) atoms. The Morgan fingerprint density at radius 1 is 0.943 bits per heavy atom. The molecule has 168 valence electrons. The Morgan fingerprint density at radius 2 is 1.83 bits per heavy atom. The lowest BCUT2D eigenvalue weighted by Gasteiger charge is -2.28. The molecular weight excluding hydrogens is 438 g/mol. The van der Waals surface area contributed by atoms with E-state index in [2.05, 4.69) is 51.5 Å². The van der Waals surface area contributed by atoms with Crippen molar-refractivity contribution in [1.29, 1.82) is 0 Å². The average molecular weight is 457 g/mol. The second kappa shape index (κ2) is 7.63. The lowest BCUT2D eigenvalue weighted by molar-refractivity contribution is 0.414. The Kier molecular flexibility index (Phi) is 4.29. The van der Waals surface area contributed by atoms with Gasteiger partial charge in [-0.2, -0.15) is 0 Å². The molecule has 0 fully saturated rings. The van der Waals surface area contributed by atoms with Crippen LogP contribution in [0.1, 0.15) is 22.6 Å². The lowest BCUT2D eigenvalue weighted by Crippen LogP contribution is -2.15. The molecule has 0 saturated heterocycles. The van der Waals surface area contributed by atoms with Crippen LogP contribution < -0.4 is 9.47 Å². The van der Waals surface area contributed by atoms with Gasteiger partial charge < -0.3 is 9.47 Å². The van der Waals surface area contributed by atoms with Crippen LogP contribution in [0, 0.1) is 0 Å². The van der Waals surface area contributed by atoms with Gasteiger partial charge in [-0.05, 0) is 35.2 Å². The summed E-state index contributed by atoms with van der Waals surface area (Å²) in [7, 11) is 1.67. The normalized spacial score (nSPS) is 14.4. The minimum atomic E-state index is -0.147. The number of pyridine rings is 1. The molecule has 0 aliphatic carbocycles. The van der Waals surface area contributed by atoms with Gasteiger partial charge in [0.1, 0.15) is 17.8 Å². The van der Waals surface area contributed by atoms with E-state index in [9.17, 15) is 0 Å². The zero-order chi connectivity index (χ0) is 23.4. The second-order valence-electron chi connectivity index (χ2n) is 8.42. The smallest absolute Gasteiger partial charge is 0.228 e. The van der Waals surface area contributed by atoms with E-state index in [1.165, 1.54) is 0 Å². The van der Waals surface area contributed by atoms with E-state index in [-0.39, 0.29) is 5.92 Å². The molecule has 7 heteroatoms. The largest absolute Gasteiger partial charge is 0.497 e. The molecular formula is C28H19N5O2. The van der Waals surface area contributed by atoms with Crippen molar-refractivity contribution < 1.29 is 9.47 Å². The van der Waals surface area contributed by atoms with Crippen LogP contribution in [0.5, 0.6) is 17.4 Å². The van der Waals surface area contributed by atoms with Crippen LogP contribution >= 0.6 is 0 Å². The number of rotatable bonds is 3. The summed E-state index contributed by atoms with van der Waals surface area (Å²) in [5.74, 6) is 2.60. The molecule has 0 N–H and O–H groups in total. The van der Waals surface area contributed by atoms with Crippen molar-refractivity contribution >= 4 is 16.4 Å². The summed E-state index contributed by atoms with van der Waals surface area (Å²) in [5.41, 5.74) is 4.57. The number of benzene rings is 3. The predicted molar refractivity (Wildman–Crippen MR) is 132 cm³/mol. The number of hydrogen-bond donors (Lipinski definition) is 0. The average Bonchev–Trinajstić information content (AvgIpc) is 3.37. The first-order chi connectivity index (χ1) is 17.3. The van der Waals surface area contributed by atoms with Crippen LogP contribution in [0.25, 0.3) is 27.8 Å². The van der Waals surface area contributed by atoms with Crippen molar-refractivity contribution in [1.82, 2.24) is 24.6 Å². The van der Waals surface area contributed by atoms with Crippen molar-refractivity contribution in [3.8, 4) is 28.8 Å². The van der Waals surface area contributed by atoms with E-state index >= 15 is 0 Å². The topological polar surface area (TPSA) is 74.4 Å². The van der Waals surface area contributed by atoms with Crippen LogP contribution in [-0.2, 0) is 0 Å². The molecule has 0 radical (unpaired) electrons. The fourth-order valence-corrected chi connectivity index (χ4v) is 4.81. The molecule has 0 saturated carbocycles. The third-order valence-electron chi connectivity index (χ3n) is 6.46. The zero-order valence-electron chi connectivity index (χ0n) is 18.8. The Morgan fingerprint density at radius 3 is 2.66 bits per heavy atom. The molecule has 7 rings (SSSR count). The highest BCUT2D eigenvalue weighted by molar-refractivity contribution is 5.91. The van der Waals surface area contributed by atoms with Crippen molar-refractivity contribution in [3.05, 3.63) is 108 Å². The van der Waals surface area contributed by atoms with E-state index in [0.29, 0.717) is 17.4 Å². The van der Waals surface area contributed by atoms with Crippen LogP contribution in [-0.4, -0.2) is 31.7 Å². The number of fused-ring (bicyclic) bond motifs is 6. The van der Waals surface area contributed by atoms with Gasteiger partial charge in [0, 0.05) is 34.8 Å². The molecule has 1 aliphatic heterocycles. The van der Waals surface area contributed by atoms with Gasteiger partial charge in [-0.3, -0.25) is 4.98 Å². The molecule has 0 bridgehead atoms. The molecule has 0 unspecified atom stereocenters. The Balaban J connectivity index is 1.51. The molecule has 4 heterocycles. The van der Waals surface area contributed by atoms with Gasteiger partial charge in [-0.1, -0.05) is 48.5 Å². The predicted octanol–water partition coefficient (Wildman–Crippen LogP) is 5.63. The quantitative estimate of drug-likeness (QED) is 0.342. The van der Waals surface area contributed by atoms with Gasteiger partial charge in [0.15, 0.2) is 11.5 Å². The Hall–Kier alpha value is -4.78. The minimum absolute atomic E-state index is 0.147. The van der Waals surface area contributed by atoms with Gasteiger partial charge >= 0.3 is 0 Å². The van der Waals surface area contributed by atoms with Crippen molar-refractivity contribution in [3.63, 3.8) is 0 Å². The fourth-order valence-electron chi connectivity index (χ4n) is 4.81. The first-order valence-electron chi connectivity index (χ1n) is 11.3. The van der Waals surface area contributed by atoms with E-state index < -0.39 is 0 Å².